The van der Waals surface area contributed by atoms with Crippen LogP contribution in [0, 0.1) is 0 Å². The molecule has 2 aromatic carbocycles. The standard InChI is InChI=1S/C20H18Cl2N2O2/c1-24(13-14-6-2-4-8-16(14)21)20(25)11-10-19-23-12-18(26-19)15-7-3-5-9-17(15)22/h2-9,12H,10-11,13H2,1H3. The smallest absolute Gasteiger partial charge is 0.223 e. The Hall–Kier alpha value is -2.30. The lowest BCUT2D eigenvalue weighted by atomic mass is 10.2. The number of rotatable bonds is 6. The lowest BCUT2D eigenvalue weighted by Gasteiger charge is -2.17. The maximum absolute atomic E-state index is 12.4. The zero-order valence-corrected chi connectivity index (χ0v) is 15.8. The summed E-state index contributed by atoms with van der Waals surface area (Å²) in [7, 11) is 1.76. The molecule has 0 atom stereocenters. The van der Waals surface area contributed by atoms with Crippen molar-refractivity contribution in [3.63, 3.8) is 0 Å². The van der Waals surface area contributed by atoms with Crippen molar-refractivity contribution in [1.29, 1.82) is 0 Å². The Bertz CT molecular complexity index is 908. The molecule has 0 aliphatic rings. The van der Waals surface area contributed by atoms with E-state index in [1.54, 1.807) is 24.2 Å². The number of hydrogen-bond donors (Lipinski definition) is 0. The number of oxazole rings is 1. The molecular formula is C20H18Cl2N2O2. The fourth-order valence-corrected chi connectivity index (χ4v) is 3.01. The Morgan fingerprint density at radius 3 is 2.50 bits per heavy atom. The van der Waals surface area contributed by atoms with Crippen LogP contribution in [0.25, 0.3) is 11.3 Å². The maximum atomic E-state index is 12.4. The Balaban J connectivity index is 1.58. The lowest BCUT2D eigenvalue weighted by Crippen LogP contribution is -2.26. The second-order valence-corrected chi connectivity index (χ2v) is 6.75. The van der Waals surface area contributed by atoms with Gasteiger partial charge < -0.3 is 9.32 Å². The van der Waals surface area contributed by atoms with Gasteiger partial charge in [-0.15, -0.1) is 0 Å². The van der Waals surface area contributed by atoms with Crippen LogP contribution in [-0.2, 0) is 17.8 Å². The summed E-state index contributed by atoms with van der Waals surface area (Å²) in [6.07, 6.45) is 2.37. The molecule has 0 aliphatic carbocycles. The first-order chi connectivity index (χ1) is 12.5. The molecule has 0 aliphatic heterocycles. The summed E-state index contributed by atoms with van der Waals surface area (Å²) in [5.74, 6) is 1.12. The van der Waals surface area contributed by atoms with E-state index >= 15 is 0 Å². The number of benzene rings is 2. The molecular weight excluding hydrogens is 371 g/mol. The molecule has 3 aromatic rings. The average molecular weight is 389 g/mol. The molecule has 0 fully saturated rings. The molecule has 6 heteroatoms. The second kappa shape index (κ2) is 8.39. The van der Waals surface area contributed by atoms with Gasteiger partial charge in [0.2, 0.25) is 5.91 Å². The maximum Gasteiger partial charge on any atom is 0.223 e. The lowest BCUT2D eigenvalue weighted by molar-refractivity contribution is -0.130. The summed E-state index contributed by atoms with van der Waals surface area (Å²) >= 11 is 12.3. The van der Waals surface area contributed by atoms with Gasteiger partial charge in [-0.3, -0.25) is 4.79 Å². The monoisotopic (exact) mass is 388 g/mol. The minimum Gasteiger partial charge on any atom is -0.441 e. The van der Waals surface area contributed by atoms with Crippen molar-refractivity contribution in [2.45, 2.75) is 19.4 Å². The highest BCUT2D eigenvalue weighted by Gasteiger charge is 2.14. The predicted molar refractivity (Wildman–Crippen MR) is 103 cm³/mol. The second-order valence-electron chi connectivity index (χ2n) is 5.94. The van der Waals surface area contributed by atoms with E-state index in [1.807, 2.05) is 42.5 Å². The van der Waals surface area contributed by atoms with Gasteiger partial charge >= 0.3 is 0 Å². The van der Waals surface area contributed by atoms with Gasteiger partial charge in [-0.1, -0.05) is 53.5 Å². The van der Waals surface area contributed by atoms with Crippen molar-refractivity contribution in [3.05, 3.63) is 76.2 Å². The van der Waals surface area contributed by atoms with Crippen molar-refractivity contribution in [2.75, 3.05) is 7.05 Å². The highest BCUT2D eigenvalue weighted by Crippen LogP contribution is 2.28. The van der Waals surface area contributed by atoms with E-state index in [-0.39, 0.29) is 5.91 Å². The van der Waals surface area contributed by atoms with Gasteiger partial charge in [0.15, 0.2) is 11.7 Å². The molecule has 0 N–H and O–H groups in total. The number of halogens is 2. The molecule has 26 heavy (non-hydrogen) atoms. The predicted octanol–water partition coefficient (Wildman–Crippen LogP) is 5.24. The number of aryl methyl sites for hydroxylation is 1. The third kappa shape index (κ3) is 4.45. The molecule has 1 heterocycles. The molecule has 0 spiro atoms. The Kier molecular flexibility index (Phi) is 5.96. The van der Waals surface area contributed by atoms with Crippen LogP contribution in [0.1, 0.15) is 17.9 Å². The van der Waals surface area contributed by atoms with Gasteiger partial charge in [-0.05, 0) is 23.8 Å². The number of nitrogens with zero attached hydrogens (tertiary/aromatic N) is 2. The molecule has 1 aromatic heterocycles. The molecule has 0 radical (unpaired) electrons. The first-order valence-corrected chi connectivity index (χ1v) is 8.97. The van der Waals surface area contributed by atoms with Crippen LogP contribution in [0.2, 0.25) is 10.0 Å². The van der Waals surface area contributed by atoms with E-state index < -0.39 is 0 Å². The highest BCUT2D eigenvalue weighted by atomic mass is 35.5. The van der Waals surface area contributed by atoms with Crippen LogP contribution in [0.5, 0.6) is 0 Å². The van der Waals surface area contributed by atoms with Crippen LogP contribution in [0.3, 0.4) is 0 Å². The van der Waals surface area contributed by atoms with Crippen LogP contribution in [0.4, 0.5) is 0 Å². The van der Waals surface area contributed by atoms with E-state index in [0.29, 0.717) is 41.1 Å². The molecule has 134 valence electrons. The quantitative estimate of drug-likeness (QED) is 0.579. The number of aromatic nitrogens is 1. The molecule has 4 nitrogen and oxygen atoms in total. The molecule has 0 unspecified atom stereocenters. The van der Waals surface area contributed by atoms with Crippen LogP contribution in [-0.4, -0.2) is 22.8 Å². The van der Waals surface area contributed by atoms with Gasteiger partial charge in [0.25, 0.3) is 0 Å². The van der Waals surface area contributed by atoms with Crippen LogP contribution in [0.15, 0.2) is 59.1 Å². The summed E-state index contributed by atoms with van der Waals surface area (Å²) in [4.78, 5) is 18.3. The largest absolute Gasteiger partial charge is 0.441 e. The van der Waals surface area contributed by atoms with Crippen LogP contribution < -0.4 is 0 Å². The highest BCUT2D eigenvalue weighted by molar-refractivity contribution is 6.33. The van der Waals surface area contributed by atoms with Crippen molar-refractivity contribution in [3.8, 4) is 11.3 Å². The first kappa shape index (κ1) is 18.5. The van der Waals surface area contributed by atoms with Gasteiger partial charge in [-0.2, -0.15) is 0 Å². The summed E-state index contributed by atoms with van der Waals surface area (Å²) in [6.45, 7) is 0.467. The fourth-order valence-electron chi connectivity index (χ4n) is 2.59. The number of amides is 1. The zero-order valence-electron chi connectivity index (χ0n) is 14.3. The number of hydrogen-bond acceptors (Lipinski definition) is 3. The topological polar surface area (TPSA) is 46.3 Å². The first-order valence-electron chi connectivity index (χ1n) is 8.21. The summed E-state index contributed by atoms with van der Waals surface area (Å²) in [5.41, 5.74) is 1.71. The fraction of sp³-hybridized carbons (Fsp3) is 0.200. The van der Waals surface area contributed by atoms with Gasteiger partial charge in [0.1, 0.15) is 0 Å². The van der Waals surface area contributed by atoms with E-state index in [1.165, 1.54) is 0 Å². The Labute approximate surface area is 162 Å². The summed E-state index contributed by atoms with van der Waals surface area (Å²) in [6, 6.07) is 14.9. The van der Waals surface area contributed by atoms with E-state index in [2.05, 4.69) is 4.98 Å². The van der Waals surface area contributed by atoms with Crippen molar-refractivity contribution < 1.29 is 9.21 Å². The SMILES string of the molecule is CN(Cc1ccccc1Cl)C(=O)CCc1ncc(-c2ccccc2Cl)o1. The van der Waals surface area contributed by atoms with E-state index in [0.717, 1.165) is 11.1 Å². The molecule has 0 saturated carbocycles. The Morgan fingerprint density at radius 1 is 1.08 bits per heavy atom. The zero-order chi connectivity index (χ0) is 18.5. The third-order valence-electron chi connectivity index (χ3n) is 4.04. The normalized spacial score (nSPS) is 10.7. The molecule has 0 saturated heterocycles. The average Bonchev–Trinajstić information content (AvgIpc) is 3.10. The summed E-state index contributed by atoms with van der Waals surface area (Å²) < 4.78 is 5.73. The molecule has 1 amide bonds. The minimum atomic E-state index is 0.00223. The Morgan fingerprint density at radius 2 is 1.77 bits per heavy atom. The van der Waals surface area contributed by atoms with E-state index in [4.69, 9.17) is 27.6 Å². The van der Waals surface area contributed by atoms with Gasteiger partial charge in [-0.25, -0.2) is 4.98 Å². The number of carbonyl (C=O) groups is 1. The van der Waals surface area contributed by atoms with Gasteiger partial charge in [0, 0.05) is 37.0 Å². The molecule has 3 rings (SSSR count). The van der Waals surface area contributed by atoms with Crippen LogP contribution >= 0.6 is 23.2 Å². The number of carbonyl (C=O) groups excluding carboxylic acids is 1. The minimum absolute atomic E-state index is 0.00223. The van der Waals surface area contributed by atoms with Crippen molar-refractivity contribution in [2.24, 2.45) is 0 Å². The summed E-state index contributed by atoms with van der Waals surface area (Å²) in [5, 5.41) is 1.26. The third-order valence-corrected chi connectivity index (χ3v) is 4.74. The van der Waals surface area contributed by atoms with Gasteiger partial charge in [0.05, 0.1) is 11.2 Å². The molecule has 0 bridgehead atoms. The van der Waals surface area contributed by atoms with E-state index in [9.17, 15) is 4.79 Å². The van der Waals surface area contributed by atoms with Crippen molar-refractivity contribution >= 4 is 29.1 Å². The van der Waals surface area contributed by atoms with Crippen molar-refractivity contribution in [1.82, 2.24) is 9.88 Å².